The summed E-state index contributed by atoms with van der Waals surface area (Å²) in [5, 5.41) is 0.661. The second-order valence-electron chi connectivity index (χ2n) is 3.41. The van der Waals surface area contributed by atoms with Crippen LogP contribution in [0.1, 0.15) is 12.8 Å². The van der Waals surface area contributed by atoms with E-state index < -0.39 is 0 Å². The Morgan fingerprint density at radius 1 is 1.50 bits per heavy atom. The normalized spacial score (nSPS) is 17.1. The van der Waals surface area contributed by atoms with Crippen LogP contribution in [0.3, 0.4) is 0 Å². The maximum absolute atomic E-state index is 6.00. The predicted molar refractivity (Wildman–Crippen MR) is 68.2 cm³/mol. The molecule has 74 valence electrons. The van der Waals surface area contributed by atoms with E-state index in [-0.39, 0.29) is 0 Å². The number of halogens is 2. The molecular formula is C10H10ClIN2. The minimum atomic E-state index is 0.490. The molecule has 1 aromatic carbocycles. The van der Waals surface area contributed by atoms with E-state index in [1.54, 1.807) is 0 Å². The molecule has 2 nitrogen and oxygen atoms in total. The predicted octanol–water partition coefficient (Wildman–Crippen LogP) is 3.34. The van der Waals surface area contributed by atoms with E-state index in [9.17, 15) is 0 Å². The van der Waals surface area contributed by atoms with E-state index in [4.69, 9.17) is 17.3 Å². The molecule has 0 amide bonds. The molecule has 0 heterocycles. The third-order valence-electron chi connectivity index (χ3n) is 2.15. The summed E-state index contributed by atoms with van der Waals surface area (Å²) in [7, 11) is 0. The van der Waals surface area contributed by atoms with Crippen molar-refractivity contribution in [1.29, 1.82) is 0 Å². The molecule has 1 aliphatic carbocycles. The molecule has 1 aliphatic rings. The molecular weight excluding hydrogens is 310 g/mol. The molecule has 0 bridgehead atoms. The third kappa shape index (κ3) is 2.39. The van der Waals surface area contributed by atoms with E-state index in [2.05, 4.69) is 27.6 Å². The number of hydrogen-bond donors (Lipinski definition) is 1. The lowest BCUT2D eigenvalue weighted by Gasteiger charge is -2.01. The number of rotatable bonds is 2. The van der Waals surface area contributed by atoms with Gasteiger partial charge in [0.2, 0.25) is 0 Å². The van der Waals surface area contributed by atoms with Gasteiger partial charge in [-0.25, -0.2) is 4.99 Å². The lowest BCUT2D eigenvalue weighted by Crippen LogP contribution is -2.13. The van der Waals surface area contributed by atoms with Gasteiger partial charge in [-0.15, -0.1) is 0 Å². The Morgan fingerprint density at radius 2 is 2.21 bits per heavy atom. The van der Waals surface area contributed by atoms with E-state index in [0.717, 1.165) is 22.1 Å². The lowest BCUT2D eigenvalue weighted by atomic mass is 10.3. The van der Waals surface area contributed by atoms with Crippen molar-refractivity contribution in [2.75, 3.05) is 0 Å². The van der Waals surface area contributed by atoms with Crippen LogP contribution in [0.15, 0.2) is 23.2 Å². The topological polar surface area (TPSA) is 38.4 Å². The van der Waals surface area contributed by atoms with Crippen molar-refractivity contribution < 1.29 is 0 Å². The number of aliphatic imine (C=N–C) groups is 1. The summed E-state index contributed by atoms with van der Waals surface area (Å²) in [6.45, 7) is 0. The Bertz CT molecular complexity index is 386. The van der Waals surface area contributed by atoms with Crippen LogP contribution < -0.4 is 5.73 Å². The summed E-state index contributed by atoms with van der Waals surface area (Å²) in [6.07, 6.45) is 2.33. The molecule has 0 saturated heterocycles. The largest absolute Gasteiger partial charge is 0.387 e. The highest BCUT2D eigenvalue weighted by atomic mass is 127. The molecule has 2 rings (SSSR count). The second kappa shape index (κ2) is 4.06. The summed E-state index contributed by atoms with van der Waals surface area (Å²) >= 11 is 8.23. The summed E-state index contributed by atoms with van der Waals surface area (Å²) in [5.41, 5.74) is 6.60. The quantitative estimate of drug-likeness (QED) is 0.506. The van der Waals surface area contributed by atoms with Crippen molar-refractivity contribution >= 4 is 45.7 Å². The zero-order valence-corrected chi connectivity index (χ0v) is 10.4. The number of benzene rings is 1. The van der Waals surface area contributed by atoms with Crippen molar-refractivity contribution in [2.45, 2.75) is 12.8 Å². The molecule has 0 aromatic heterocycles. The van der Waals surface area contributed by atoms with Gasteiger partial charge in [-0.05, 0) is 53.6 Å². The highest BCUT2D eigenvalue weighted by molar-refractivity contribution is 14.1. The number of hydrogen-bond acceptors (Lipinski definition) is 1. The zero-order chi connectivity index (χ0) is 10.1. The minimum Gasteiger partial charge on any atom is -0.387 e. The van der Waals surface area contributed by atoms with Crippen LogP contribution in [0, 0.1) is 9.49 Å². The van der Waals surface area contributed by atoms with Gasteiger partial charge in [0.1, 0.15) is 5.84 Å². The number of amidine groups is 1. The zero-order valence-electron chi connectivity index (χ0n) is 7.50. The molecule has 0 aliphatic heterocycles. The van der Waals surface area contributed by atoms with Crippen LogP contribution in [0.4, 0.5) is 5.69 Å². The van der Waals surface area contributed by atoms with Crippen molar-refractivity contribution in [2.24, 2.45) is 16.6 Å². The van der Waals surface area contributed by atoms with Gasteiger partial charge in [0.25, 0.3) is 0 Å². The Morgan fingerprint density at radius 3 is 2.86 bits per heavy atom. The molecule has 0 radical (unpaired) electrons. The molecule has 1 saturated carbocycles. The van der Waals surface area contributed by atoms with E-state index in [1.807, 2.05) is 18.2 Å². The molecule has 2 N–H and O–H groups in total. The van der Waals surface area contributed by atoms with Crippen LogP contribution in [0.2, 0.25) is 5.02 Å². The fraction of sp³-hybridized carbons (Fsp3) is 0.300. The van der Waals surface area contributed by atoms with Gasteiger partial charge in [-0.1, -0.05) is 11.6 Å². The average Bonchev–Trinajstić information content (AvgIpc) is 2.94. The Labute approximate surface area is 102 Å². The SMILES string of the molecule is NC(=Nc1cc(I)ccc1Cl)C1CC1. The van der Waals surface area contributed by atoms with Crippen LogP contribution in [-0.2, 0) is 0 Å². The maximum atomic E-state index is 6.00. The summed E-state index contributed by atoms with van der Waals surface area (Å²) < 4.78 is 1.12. The van der Waals surface area contributed by atoms with Crippen LogP contribution in [0.5, 0.6) is 0 Å². The fourth-order valence-electron chi connectivity index (χ4n) is 1.18. The second-order valence-corrected chi connectivity index (χ2v) is 5.06. The van der Waals surface area contributed by atoms with Crippen molar-refractivity contribution in [3.63, 3.8) is 0 Å². The average molecular weight is 321 g/mol. The number of nitrogens with zero attached hydrogens (tertiary/aromatic N) is 1. The monoisotopic (exact) mass is 320 g/mol. The van der Waals surface area contributed by atoms with Gasteiger partial charge in [-0.2, -0.15) is 0 Å². The van der Waals surface area contributed by atoms with Crippen molar-refractivity contribution in [3.8, 4) is 0 Å². The van der Waals surface area contributed by atoms with Gasteiger partial charge < -0.3 is 5.73 Å². The van der Waals surface area contributed by atoms with Gasteiger partial charge in [0, 0.05) is 9.49 Å². The van der Waals surface area contributed by atoms with Crippen molar-refractivity contribution in [1.82, 2.24) is 0 Å². The molecule has 1 fully saturated rings. The first kappa shape index (κ1) is 10.2. The Balaban J connectivity index is 2.30. The van der Waals surface area contributed by atoms with E-state index in [1.165, 1.54) is 0 Å². The number of nitrogens with two attached hydrogens (primary N) is 1. The van der Waals surface area contributed by atoms with E-state index >= 15 is 0 Å². The molecule has 0 spiro atoms. The lowest BCUT2D eigenvalue weighted by molar-refractivity contribution is 1.15. The molecule has 0 unspecified atom stereocenters. The van der Waals surface area contributed by atoms with Gasteiger partial charge in [0.05, 0.1) is 10.7 Å². The Hall–Kier alpha value is -0.290. The molecule has 0 atom stereocenters. The molecule has 14 heavy (non-hydrogen) atoms. The first-order chi connectivity index (χ1) is 6.66. The fourth-order valence-corrected chi connectivity index (χ4v) is 1.82. The highest BCUT2D eigenvalue weighted by Crippen LogP contribution is 2.32. The first-order valence-electron chi connectivity index (χ1n) is 4.46. The van der Waals surface area contributed by atoms with Crippen LogP contribution in [0.25, 0.3) is 0 Å². The standard InChI is InChI=1S/C10H10ClIN2/c11-8-4-3-7(12)5-9(8)14-10(13)6-1-2-6/h3-6H,1-2H2,(H2,13,14). The molecule has 4 heteroatoms. The molecule has 1 aromatic rings. The summed E-state index contributed by atoms with van der Waals surface area (Å²) in [6, 6.07) is 5.75. The van der Waals surface area contributed by atoms with Gasteiger partial charge >= 0.3 is 0 Å². The first-order valence-corrected chi connectivity index (χ1v) is 5.91. The third-order valence-corrected chi connectivity index (χ3v) is 3.14. The maximum Gasteiger partial charge on any atom is 0.103 e. The summed E-state index contributed by atoms with van der Waals surface area (Å²) in [4.78, 5) is 4.34. The van der Waals surface area contributed by atoms with Crippen LogP contribution in [-0.4, -0.2) is 5.84 Å². The summed E-state index contributed by atoms with van der Waals surface area (Å²) in [5.74, 6) is 1.21. The minimum absolute atomic E-state index is 0.490. The van der Waals surface area contributed by atoms with Crippen molar-refractivity contribution in [3.05, 3.63) is 26.8 Å². The van der Waals surface area contributed by atoms with Crippen LogP contribution >= 0.6 is 34.2 Å². The van der Waals surface area contributed by atoms with E-state index in [0.29, 0.717) is 16.8 Å². The highest BCUT2D eigenvalue weighted by Gasteiger charge is 2.25. The Kier molecular flexibility index (Phi) is 2.97. The van der Waals surface area contributed by atoms with Gasteiger partial charge in [0.15, 0.2) is 0 Å². The van der Waals surface area contributed by atoms with Gasteiger partial charge in [-0.3, -0.25) is 0 Å². The smallest absolute Gasteiger partial charge is 0.103 e.